The van der Waals surface area contributed by atoms with Crippen molar-refractivity contribution in [3.63, 3.8) is 0 Å². The Balaban J connectivity index is 1.85. The first-order valence-corrected chi connectivity index (χ1v) is 15.2. The van der Waals surface area contributed by atoms with Gasteiger partial charge in [-0.2, -0.15) is 0 Å². The van der Waals surface area contributed by atoms with Gasteiger partial charge in [0.15, 0.2) is 0 Å². The lowest BCUT2D eigenvalue weighted by atomic mass is 9.85. The SMILES string of the molecule is [2H]c1c(C)c2c(C)c([2H])c(C)c3c2c(c1C)c1c(C)c(C)c2c(c(C)c(C)c4c5c(C)c([2H])c(C)c6c(C)c([2H])c(C)c(c65)c42)c13. The van der Waals surface area contributed by atoms with Crippen LogP contribution in [0.3, 0.4) is 0 Å². The van der Waals surface area contributed by atoms with Crippen LogP contribution < -0.4 is 0 Å². The van der Waals surface area contributed by atoms with Crippen LogP contribution in [-0.4, -0.2) is 0 Å². The number of benzene rings is 6. The minimum atomic E-state index is 0.561. The van der Waals surface area contributed by atoms with E-state index in [1.54, 1.807) is 0 Å². The fraction of sp³-hybridized carbons (Fsp3) is 0.286. The molecule has 0 N–H and O–H groups in total. The lowest BCUT2D eigenvalue weighted by Gasteiger charge is -2.18. The van der Waals surface area contributed by atoms with Crippen molar-refractivity contribution < 1.29 is 5.48 Å². The van der Waals surface area contributed by atoms with Crippen molar-refractivity contribution in [2.24, 2.45) is 0 Å². The molecule has 0 nitrogen and oxygen atoms in total. The molecule has 208 valence electrons. The molecule has 0 heteroatoms. The molecule has 0 saturated carbocycles. The number of hydrogen-bond donors (Lipinski definition) is 0. The summed E-state index contributed by atoms with van der Waals surface area (Å²) < 4.78 is 36.9. The Hall–Kier alpha value is -3.90. The Labute approximate surface area is 254 Å². The van der Waals surface area contributed by atoms with Crippen molar-refractivity contribution in [2.75, 3.05) is 0 Å². The van der Waals surface area contributed by atoms with Gasteiger partial charge in [-0.15, -0.1) is 0 Å². The zero-order chi connectivity index (χ0) is 33.3. The largest absolute Gasteiger partial charge is 0.0629 e. The van der Waals surface area contributed by atoms with E-state index >= 15 is 0 Å². The number of hydrogen-bond acceptors (Lipinski definition) is 0. The van der Waals surface area contributed by atoms with Gasteiger partial charge in [-0.25, -0.2) is 0 Å². The maximum absolute atomic E-state index is 9.28. The Bertz CT molecular complexity index is 2570. The summed E-state index contributed by atoms with van der Waals surface area (Å²) in [4.78, 5) is 0. The summed E-state index contributed by atoms with van der Waals surface area (Å²) in [6.07, 6.45) is 0. The molecule has 8 rings (SSSR count). The van der Waals surface area contributed by atoms with Crippen molar-refractivity contribution in [3.05, 3.63) is 90.9 Å². The van der Waals surface area contributed by atoms with Crippen LogP contribution in [0.5, 0.6) is 0 Å². The average molecular weight is 549 g/mol. The van der Waals surface area contributed by atoms with E-state index in [4.69, 9.17) is 0 Å². The molecule has 0 aliphatic carbocycles. The molecular weight excluding hydrogens is 504 g/mol. The fourth-order valence-corrected chi connectivity index (χ4v) is 9.19. The summed E-state index contributed by atoms with van der Waals surface area (Å²) in [7, 11) is 0. The van der Waals surface area contributed by atoms with Crippen molar-refractivity contribution in [1.29, 1.82) is 0 Å². The third kappa shape index (κ3) is 2.71. The molecule has 0 aromatic heterocycles. The fourth-order valence-electron chi connectivity index (χ4n) is 9.19. The summed E-state index contributed by atoms with van der Waals surface area (Å²) in [5, 5.41) is 16.5. The first kappa shape index (κ1) is 21.8. The zero-order valence-corrected chi connectivity index (χ0v) is 27.0. The predicted octanol–water partition coefficient (Wildman–Crippen LogP) is 12.3. The molecule has 0 aliphatic rings. The van der Waals surface area contributed by atoms with Gasteiger partial charge < -0.3 is 0 Å². The first-order valence-electron chi connectivity index (χ1n) is 17.2. The second kappa shape index (κ2) is 7.93. The average Bonchev–Trinajstić information content (AvgIpc) is 3.55. The van der Waals surface area contributed by atoms with E-state index < -0.39 is 0 Å². The standard InChI is InChI=1S/C42H40/c1-17-13-21(5)31-35-25(9)27(11)38-37(41(35)33-23(7)15-19(3)29(17)39(31)33)28(12)26(10)36-32-22(6)14-18(2)30-20(4)16-24(8)34(40(30)32)42(36)38/h13-16H,1-12H3/i13D,14D,15D,16D. The van der Waals surface area contributed by atoms with Gasteiger partial charge >= 0.3 is 0 Å². The second-order valence-electron chi connectivity index (χ2n) is 13.2. The number of aryl methyl sites for hydroxylation is 12. The van der Waals surface area contributed by atoms with Gasteiger partial charge in [-0.05, 0) is 225 Å². The summed E-state index contributed by atoms with van der Waals surface area (Å²) in [6.45, 7) is 25.6. The number of fused-ring (bicyclic) bond motifs is 9. The number of rotatable bonds is 0. The van der Waals surface area contributed by atoms with E-state index in [2.05, 4.69) is 55.4 Å². The lowest BCUT2D eigenvalue weighted by Crippen LogP contribution is -1.94. The normalized spacial score (nSPS) is 14.1. The minimum absolute atomic E-state index is 0.561. The highest BCUT2D eigenvalue weighted by Gasteiger charge is 2.28. The molecule has 42 heavy (non-hydrogen) atoms. The molecule has 8 aromatic rings. The molecule has 0 saturated heterocycles. The Kier molecular flexibility index (Phi) is 4.11. The van der Waals surface area contributed by atoms with Crippen molar-refractivity contribution >= 4 is 75.4 Å². The highest BCUT2D eigenvalue weighted by atomic mass is 14.3. The van der Waals surface area contributed by atoms with Crippen LogP contribution in [0.4, 0.5) is 0 Å². The predicted molar refractivity (Wildman–Crippen MR) is 188 cm³/mol. The first-order chi connectivity index (χ1) is 21.6. The maximum Gasteiger partial charge on any atom is 0.0629 e. The van der Waals surface area contributed by atoms with E-state index in [0.29, 0.717) is 24.2 Å². The van der Waals surface area contributed by atoms with Gasteiger partial charge in [-0.1, -0.05) is 24.2 Å². The van der Waals surface area contributed by atoms with Gasteiger partial charge in [0.1, 0.15) is 0 Å². The third-order valence-corrected chi connectivity index (χ3v) is 10.9. The molecule has 8 aromatic carbocycles. The third-order valence-electron chi connectivity index (χ3n) is 10.9. The van der Waals surface area contributed by atoms with Crippen LogP contribution in [0.25, 0.3) is 75.4 Å². The Morgan fingerprint density at radius 1 is 0.238 bits per heavy atom. The lowest BCUT2D eigenvalue weighted by molar-refractivity contribution is 1.39. The summed E-state index contributed by atoms with van der Waals surface area (Å²) in [5.41, 5.74) is 12.7. The van der Waals surface area contributed by atoms with Gasteiger partial charge in [0.05, 0.1) is 5.48 Å². The van der Waals surface area contributed by atoms with Crippen molar-refractivity contribution in [1.82, 2.24) is 0 Å². The van der Waals surface area contributed by atoms with Crippen molar-refractivity contribution in [2.45, 2.75) is 83.1 Å². The molecule has 0 fully saturated rings. The van der Waals surface area contributed by atoms with E-state index in [9.17, 15) is 5.48 Å². The highest BCUT2D eigenvalue weighted by molar-refractivity contribution is 6.44. The zero-order valence-electron chi connectivity index (χ0n) is 31.0. The monoisotopic (exact) mass is 548 g/mol. The minimum Gasteiger partial charge on any atom is -0.0551 e. The molecule has 0 bridgehead atoms. The van der Waals surface area contributed by atoms with Crippen LogP contribution in [0.15, 0.2) is 24.2 Å². The Morgan fingerprint density at radius 2 is 0.405 bits per heavy atom. The molecule has 0 radical (unpaired) electrons. The summed E-state index contributed by atoms with van der Waals surface area (Å²) >= 11 is 0. The van der Waals surface area contributed by atoms with Crippen LogP contribution in [0.2, 0.25) is 0 Å². The van der Waals surface area contributed by atoms with Gasteiger partial charge in [0, 0.05) is 0 Å². The topological polar surface area (TPSA) is 0 Å². The molecule has 0 atom stereocenters. The molecule has 0 heterocycles. The van der Waals surface area contributed by atoms with Gasteiger partial charge in [0.2, 0.25) is 0 Å². The van der Waals surface area contributed by atoms with Crippen LogP contribution >= 0.6 is 0 Å². The molecule has 0 unspecified atom stereocenters. The molecular formula is C42H40. The van der Waals surface area contributed by atoms with Gasteiger partial charge in [-0.3, -0.25) is 0 Å². The Morgan fingerprint density at radius 3 is 0.667 bits per heavy atom. The molecule has 0 amide bonds. The summed E-state index contributed by atoms with van der Waals surface area (Å²) in [6, 6.07) is 2.26. The van der Waals surface area contributed by atoms with Crippen LogP contribution in [0, 0.1) is 83.1 Å². The molecule has 0 spiro atoms. The smallest absolute Gasteiger partial charge is 0.0551 e. The van der Waals surface area contributed by atoms with E-state index in [0.717, 1.165) is 76.8 Å². The van der Waals surface area contributed by atoms with E-state index in [1.807, 2.05) is 27.7 Å². The van der Waals surface area contributed by atoms with Gasteiger partial charge in [0.25, 0.3) is 0 Å². The van der Waals surface area contributed by atoms with Crippen molar-refractivity contribution in [3.8, 4) is 0 Å². The highest BCUT2D eigenvalue weighted by Crippen LogP contribution is 2.54. The summed E-state index contributed by atoms with van der Waals surface area (Å²) in [5.74, 6) is 0. The van der Waals surface area contributed by atoms with E-state index in [-0.39, 0.29) is 0 Å². The van der Waals surface area contributed by atoms with E-state index in [1.165, 1.54) is 65.3 Å². The second-order valence-corrected chi connectivity index (χ2v) is 13.2. The molecule has 0 aliphatic heterocycles. The van der Waals surface area contributed by atoms with Crippen LogP contribution in [0.1, 0.15) is 72.2 Å². The maximum atomic E-state index is 9.28. The van der Waals surface area contributed by atoms with Crippen LogP contribution in [-0.2, 0) is 0 Å². The quantitative estimate of drug-likeness (QED) is 0.177.